The van der Waals surface area contributed by atoms with Gasteiger partial charge in [-0.05, 0) is 13.5 Å². The van der Waals surface area contributed by atoms with E-state index >= 15 is 0 Å². The maximum atomic E-state index is 4.55. The molecule has 16 heavy (non-hydrogen) atoms. The molecule has 0 unspecified atom stereocenters. The first-order chi connectivity index (χ1) is 7.81. The van der Waals surface area contributed by atoms with E-state index in [0.717, 1.165) is 37.7 Å². The highest BCUT2D eigenvalue weighted by atomic mass is 15.2. The average molecular weight is 220 g/mol. The van der Waals surface area contributed by atoms with Crippen molar-refractivity contribution < 1.29 is 0 Å². The molecule has 4 nitrogen and oxygen atoms in total. The zero-order chi connectivity index (χ0) is 11.8. The lowest BCUT2D eigenvalue weighted by atomic mass is 10.4. The van der Waals surface area contributed by atoms with Crippen LogP contribution in [-0.2, 0) is 6.54 Å². The van der Waals surface area contributed by atoms with Gasteiger partial charge in [-0.15, -0.1) is 6.58 Å². The average Bonchev–Trinajstić information content (AvgIpc) is 2.33. The largest absolute Gasteiger partial charge is 0.352 e. The molecule has 0 atom stereocenters. The zero-order valence-corrected chi connectivity index (χ0v) is 10.1. The molecule has 1 heterocycles. The van der Waals surface area contributed by atoms with E-state index in [1.807, 2.05) is 6.08 Å². The van der Waals surface area contributed by atoms with Crippen LogP contribution in [-0.4, -0.2) is 29.6 Å². The summed E-state index contributed by atoms with van der Waals surface area (Å²) in [7, 11) is 0. The van der Waals surface area contributed by atoms with Crippen LogP contribution < -0.4 is 10.2 Å². The van der Waals surface area contributed by atoms with Crippen molar-refractivity contribution in [2.24, 2.45) is 0 Å². The first-order valence-electron chi connectivity index (χ1n) is 5.69. The van der Waals surface area contributed by atoms with Crippen LogP contribution in [0.2, 0.25) is 0 Å². The molecule has 0 spiro atoms. The van der Waals surface area contributed by atoms with E-state index in [1.165, 1.54) is 0 Å². The predicted octanol–water partition coefficient (Wildman–Crippen LogP) is 1.60. The van der Waals surface area contributed by atoms with Gasteiger partial charge in [0.2, 0.25) is 0 Å². The SMILES string of the molecule is C=CCN(CC)c1cncc(CNCC)n1. The van der Waals surface area contributed by atoms with Gasteiger partial charge in [-0.1, -0.05) is 13.0 Å². The molecule has 0 radical (unpaired) electrons. The summed E-state index contributed by atoms with van der Waals surface area (Å²) in [5.74, 6) is 0.915. The van der Waals surface area contributed by atoms with Crippen LogP contribution >= 0.6 is 0 Å². The second-order valence-corrected chi connectivity index (χ2v) is 3.48. The van der Waals surface area contributed by atoms with Crippen molar-refractivity contribution in [3.63, 3.8) is 0 Å². The Balaban J connectivity index is 2.74. The van der Waals surface area contributed by atoms with Gasteiger partial charge in [0.25, 0.3) is 0 Å². The highest BCUT2D eigenvalue weighted by molar-refractivity contribution is 5.36. The Morgan fingerprint density at radius 3 is 2.88 bits per heavy atom. The Labute approximate surface area is 97.4 Å². The van der Waals surface area contributed by atoms with Crippen LogP contribution in [0.15, 0.2) is 25.0 Å². The van der Waals surface area contributed by atoms with Crippen molar-refractivity contribution >= 4 is 5.82 Å². The number of hydrogen-bond donors (Lipinski definition) is 1. The number of nitrogens with zero attached hydrogens (tertiary/aromatic N) is 3. The number of likely N-dealkylation sites (N-methyl/N-ethyl adjacent to an activating group) is 1. The molecular weight excluding hydrogens is 200 g/mol. The Kier molecular flexibility index (Phi) is 5.50. The minimum absolute atomic E-state index is 0.767. The van der Waals surface area contributed by atoms with E-state index in [-0.39, 0.29) is 0 Å². The van der Waals surface area contributed by atoms with E-state index in [9.17, 15) is 0 Å². The van der Waals surface area contributed by atoms with E-state index in [0.29, 0.717) is 0 Å². The molecule has 1 aromatic rings. The van der Waals surface area contributed by atoms with Gasteiger partial charge in [0.1, 0.15) is 5.82 Å². The maximum Gasteiger partial charge on any atom is 0.147 e. The zero-order valence-electron chi connectivity index (χ0n) is 10.1. The molecule has 1 rings (SSSR count). The lowest BCUT2D eigenvalue weighted by molar-refractivity contribution is 0.704. The fourth-order valence-electron chi connectivity index (χ4n) is 1.43. The summed E-state index contributed by atoms with van der Waals surface area (Å²) in [6.07, 6.45) is 5.47. The Bertz CT molecular complexity index is 325. The van der Waals surface area contributed by atoms with Crippen molar-refractivity contribution in [1.29, 1.82) is 0 Å². The first kappa shape index (κ1) is 12.6. The number of aromatic nitrogens is 2. The van der Waals surface area contributed by atoms with E-state index < -0.39 is 0 Å². The van der Waals surface area contributed by atoms with Gasteiger partial charge in [-0.2, -0.15) is 0 Å². The number of nitrogens with one attached hydrogen (secondary N) is 1. The highest BCUT2D eigenvalue weighted by Gasteiger charge is 2.05. The van der Waals surface area contributed by atoms with E-state index in [1.54, 1.807) is 12.4 Å². The maximum absolute atomic E-state index is 4.55. The van der Waals surface area contributed by atoms with Gasteiger partial charge in [-0.25, -0.2) is 4.98 Å². The first-order valence-corrected chi connectivity index (χ1v) is 5.69. The molecule has 0 bridgehead atoms. The molecule has 0 amide bonds. The summed E-state index contributed by atoms with van der Waals surface area (Å²) in [6.45, 7) is 11.3. The van der Waals surface area contributed by atoms with E-state index in [2.05, 4.69) is 40.6 Å². The normalized spacial score (nSPS) is 10.1. The van der Waals surface area contributed by atoms with Gasteiger partial charge in [0.15, 0.2) is 0 Å². The molecule has 88 valence electrons. The molecule has 0 aliphatic carbocycles. The molecule has 0 aliphatic rings. The van der Waals surface area contributed by atoms with Gasteiger partial charge < -0.3 is 10.2 Å². The quantitative estimate of drug-likeness (QED) is 0.709. The third-order valence-corrected chi connectivity index (χ3v) is 2.28. The molecule has 1 aromatic heterocycles. The summed E-state index contributed by atoms with van der Waals surface area (Å²) >= 11 is 0. The summed E-state index contributed by atoms with van der Waals surface area (Å²) < 4.78 is 0. The van der Waals surface area contributed by atoms with Gasteiger partial charge in [0.05, 0.1) is 11.9 Å². The second-order valence-electron chi connectivity index (χ2n) is 3.48. The smallest absolute Gasteiger partial charge is 0.147 e. The Morgan fingerprint density at radius 1 is 1.44 bits per heavy atom. The summed E-state index contributed by atoms with van der Waals surface area (Å²) in [4.78, 5) is 10.9. The van der Waals surface area contributed by atoms with Crippen LogP contribution in [0.3, 0.4) is 0 Å². The van der Waals surface area contributed by atoms with Crippen molar-refractivity contribution in [2.45, 2.75) is 20.4 Å². The van der Waals surface area contributed by atoms with Crippen LogP contribution in [0, 0.1) is 0 Å². The van der Waals surface area contributed by atoms with Gasteiger partial charge in [-0.3, -0.25) is 4.98 Å². The van der Waals surface area contributed by atoms with Gasteiger partial charge >= 0.3 is 0 Å². The summed E-state index contributed by atoms with van der Waals surface area (Å²) in [5.41, 5.74) is 0.974. The number of anilines is 1. The molecule has 4 heteroatoms. The van der Waals surface area contributed by atoms with Crippen LogP contribution in [0.5, 0.6) is 0 Å². The van der Waals surface area contributed by atoms with E-state index in [4.69, 9.17) is 0 Å². The molecular formula is C12H20N4. The minimum atomic E-state index is 0.767. The Hall–Kier alpha value is -1.42. The van der Waals surface area contributed by atoms with Crippen LogP contribution in [0.1, 0.15) is 19.5 Å². The summed E-state index contributed by atoms with van der Waals surface area (Å²) in [5, 5.41) is 3.24. The van der Waals surface area contributed by atoms with Crippen LogP contribution in [0.4, 0.5) is 5.82 Å². The molecule has 0 aromatic carbocycles. The minimum Gasteiger partial charge on any atom is -0.352 e. The van der Waals surface area contributed by atoms with Crippen molar-refractivity contribution in [1.82, 2.24) is 15.3 Å². The molecule has 0 saturated carbocycles. The third-order valence-electron chi connectivity index (χ3n) is 2.28. The number of rotatable bonds is 7. The highest BCUT2D eigenvalue weighted by Crippen LogP contribution is 2.09. The third kappa shape index (κ3) is 3.62. The predicted molar refractivity (Wildman–Crippen MR) is 67.5 cm³/mol. The second kappa shape index (κ2) is 6.95. The van der Waals surface area contributed by atoms with Crippen molar-refractivity contribution in [3.05, 3.63) is 30.7 Å². The monoisotopic (exact) mass is 220 g/mol. The molecule has 0 saturated heterocycles. The molecule has 0 aliphatic heterocycles. The van der Waals surface area contributed by atoms with Crippen molar-refractivity contribution in [3.8, 4) is 0 Å². The van der Waals surface area contributed by atoms with Crippen LogP contribution in [0.25, 0.3) is 0 Å². The summed E-state index contributed by atoms with van der Waals surface area (Å²) in [6, 6.07) is 0. The fraction of sp³-hybridized carbons (Fsp3) is 0.500. The Morgan fingerprint density at radius 2 is 2.25 bits per heavy atom. The fourth-order valence-corrected chi connectivity index (χ4v) is 1.43. The molecule has 0 fully saturated rings. The van der Waals surface area contributed by atoms with Gasteiger partial charge in [0, 0.05) is 25.8 Å². The lowest BCUT2D eigenvalue weighted by Crippen LogP contribution is -2.24. The topological polar surface area (TPSA) is 41.1 Å². The van der Waals surface area contributed by atoms with Crippen molar-refractivity contribution in [2.75, 3.05) is 24.5 Å². The number of hydrogen-bond acceptors (Lipinski definition) is 4. The molecule has 1 N–H and O–H groups in total. The standard InChI is InChI=1S/C12H20N4/c1-4-7-16(6-3)12-10-14-9-11(15-12)8-13-5-2/h4,9-10,13H,1,5-8H2,2-3H3. The lowest BCUT2D eigenvalue weighted by Gasteiger charge is -2.19.